The lowest BCUT2D eigenvalue weighted by Gasteiger charge is -2.07. The summed E-state index contributed by atoms with van der Waals surface area (Å²) in [5, 5.41) is 0. The van der Waals surface area contributed by atoms with Crippen LogP contribution in [0.4, 0.5) is 0 Å². The van der Waals surface area contributed by atoms with E-state index in [-0.39, 0.29) is 16.4 Å². The third-order valence-corrected chi connectivity index (χ3v) is 4.27. The van der Waals surface area contributed by atoms with Gasteiger partial charge in [0.1, 0.15) is 18.5 Å². The Morgan fingerprint density at radius 3 is 2.14 bits per heavy atom. The lowest BCUT2D eigenvalue weighted by molar-refractivity contribution is 0.101. The summed E-state index contributed by atoms with van der Waals surface area (Å²) in [5.41, 5.74) is 1.51. The molecule has 0 bridgehead atoms. The summed E-state index contributed by atoms with van der Waals surface area (Å²) >= 11 is 0. The SMILES string of the molecule is BCC(=O)c1ccc(OS(=O)(=O)c2ccc(C)cc2)cc1. The first kappa shape index (κ1) is 15.3. The van der Waals surface area contributed by atoms with Crippen molar-refractivity contribution >= 4 is 23.7 Å². The molecular weight excluding hydrogens is 287 g/mol. The standard InChI is InChI=1S/C15H15BO4S/c1-11-2-8-14(9-3-11)21(18,19)20-13-6-4-12(5-7-13)15(17)10-16/h2-9H,10,16H2,1H3. The molecule has 0 spiro atoms. The number of carbonyl (C=O) groups is 1. The van der Waals surface area contributed by atoms with Crippen LogP contribution in [0, 0.1) is 6.92 Å². The molecule has 0 fully saturated rings. The Balaban J connectivity index is 2.20. The number of carbonyl (C=O) groups excluding carboxylic acids is 1. The van der Waals surface area contributed by atoms with E-state index in [1.807, 2.05) is 6.92 Å². The van der Waals surface area contributed by atoms with E-state index in [0.29, 0.717) is 11.9 Å². The molecule has 0 aromatic heterocycles. The molecule has 0 saturated heterocycles. The van der Waals surface area contributed by atoms with Gasteiger partial charge >= 0.3 is 10.1 Å². The molecule has 0 atom stereocenters. The van der Waals surface area contributed by atoms with Crippen LogP contribution in [-0.2, 0) is 10.1 Å². The second kappa shape index (κ2) is 6.14. The molecular formula is C15H15BO4S. The van der Waals surface area contributed by atoms with Crippen LogP contribution in [-0.4, -0.2) is 22.0 Å². The Kier molecular flexibility index (Phi) is 4.48. The van der Waals surface area contributed by atoms with Gasteiger partial charge in [-0.05, 0) is 49.6 Å². The topological polar surface area (TPSA) is 60.4 Å². The van der Waals surface area contributed by atoms with Gasteiger partial charge in [-0.2, -0.15) is 8.42 Å². The second-order valence-corrected chi connectivity index (χ2v) is 6.20. The van der Waals surface area contributed by atoms with Crippen LogP contribution >= 0.6 is 0 Å². The summed E-state index contributed by atoms with van der Waals surface area (Å²) in [4.78, 5) is 11.6. The molecule has 0 saturated carbocycles. The fourth-order valence-electron chi connectivity index (χ4n) is 1.78. The monoisotopic (exact) mass is 302 g/mol. The molecule has 21 heavy (non-hydrogen) atoms. The maximum atomic E-state index is 12.1. The highest BCUT2D eigenvalue weighted by Gasteiger charge is 2.16. The molecule has 0 amide bonds. The molecule has 0 aliphatic carbocycles. The van der Waals surface area contributed by atoms with E-state index >= 15 is 0 Å². The number of Topliss-reactive ketones (excluding diaryl/α,β-unsaturated/α-hetero) is 1. The first-order valence-corrected chi connectivity index (χ1v) is 7.97. The van der Waals surface area contributed by atoms with Crippen molar-refractivity contribution in [3.05, 3.63) is 59.7 Å². The van der Waals surface area contributed by atoms with Gasteiger partial charge in [0, 0.05) is 5.56 Å². The summed E-state index contributed by atoms with van der Waals surface area (Å²) < 4.78 is 29.3. The Bertz CT molecular complexity index is 734. The molecule has 2 aromatic rings. The van der Waals surface area contributed by atoms with Crippen molar-refractivity contribution in [2.45, 2.75) is 18.1 Å². The minimum Gasteiger partial charge on any atom is -0.379 e. The van der Waals surface area contributed by atoms with Gasteiger partial charge in [-0.3, -0.25) is 4.79 Å². The van der Waals surface area contributed by atoms with Crippen molar-refractivity contribution in [2.24, 2.45) is 0 Å². The van der Waals surface area contributed by atoms with Gasteiger partial charge in [0.25, 0.3) is 0 Å². The van der Waals surface area contributed by atoms with Crippen LogP contribution in [0.2, 0.25) is 6.32 Å². The average molecular weight is 302 g/mol. The van der Waals surface area contributed by atoms with Gasteiger partial charge in [-0.15, -0.1) is 0 Å². The molecule has 2 rings (SSSR count). The predicted octanol–water partition coefficient (Wildman–Crippen LogP) is 2.00. The number of rotatable bonds is 5. The molecule has 0 aliphatic rings. The zero-order chi connectivity index (χ0) is 15.5. The fourth-order valence-corrected chi connectivity index (χ4v) is 2.71. The van der Waals surface area contributed by atoms with Crippen molar-refractivity contribution < 1.29 is 17.4 Å². The van der Waals surface area contributed by atoms with Gasteiger partial charge < -0.3 is 4.18 Å². The number of hydrogen-bond acceptors (Lipinski definition) is 4. The molecule has 108 valence electrons. The first-order chi connectivity index (χ1) is 9.92. The Morgan fingerprint density at radius 2 is 1.62 bits per heavy atom. The third kappa shape index (κ3) is 3.73. The zero-order valence-electron chi connectivity index (χ0n) is 11.9. The predicted molar refractivity (Wildman–Crippen MR) is 83.1 cm³/mol. The average Bonchev–Trinajstić information content (AvgIpc) is 2.47. The smallest absolute Gasteiger partial charge is 0.339 e. The highest BCUT2D eigenvalue weighted by atomic mass is 32.2. The van der Waals surface area contributed by atoms with Gasteiger partial charge in [-0.1, -0.05) is 17.7 Å². The van der Waals surface area contributed by atoms with Gasteiger partial charge in [-0.25, -0.2) is 0 Å². The minimum atomic E-state index is -3.85. The van der Waals surface area contributed by atoms with E-state index in [1.54, 1.807) is 32.1 Å². The van der Waals surface area contributed by atoms with E-state index in [2.05, 4.69) is 0 Å². The summed E-state index contributed by atoms with van der Waals surface area (Å²) in [5.74, 6) is 0.186. The molecule has 0 radical (unpaired) electrons. The zero-order valence-corrected chi connectivity index (χ0v) is 12.7. The van der Waals surface area contributed by atoms with Gasteiger partial charge in [0.15, 0.2) is 5.78 Å². The Labute approximate surface area is 125 Å². The van der Waals surface area contributed by atoms with Crippen LogP contribution in [0.5, 0.6) is 5.75 Å². The maximum Gasteiger partial charge on any atom is 0.339 e. The van der Waals surface area contributed by atoms with Crippen molar-refractivity contribution in [2.75, 3.05) is 0 Å². The Morgan fingerprint density at radius 1 is 1.05 bits per heavy atom. The van der Waals surface area contributed by atoms with Crippen LogP contribution in [0.1, 0.15) is 15.9 Å². The molecule has 4 nitrogen and oxygen atoms in total. The normalized spacial score (nSPS) is 11.1. The summed E-state index contributed by atoms with van der Waals surface area (Å²) in [6, 6.07) is 12.5. The molecule has 0 aliphatic heterocycles. The Hall–Kier alpha value is -2.08. The van der Waals surface area contributed by atoms with Crippen molar-refractivity contribution in [3.63, 3.8) is 0 Å². The maximum absolute atomic E-state index is 12.1. The van der Waals surface area contributed by atoms with Crippen LogP contribution in [0.3, 0.4) is 0 Å². The summed E-state index contributed by atoms with van der Waals surface area (Å²) in [6.45, 7) is 1.88. The number of hydrogen-bond donors (Lipinski definition) is 0. The van der Waals surface area contributed by atoms with Crippen LogP contribution in [0.25, 0.3) is 0 Å². The van der Waals surface area contributed by atoms with Crippen molar-refractivity contribution in [1.29, 1.82) is 0 Å². The minimum absolute atomic E-state index is 0.00272. The lowest BCUT2D eigenvalue weighted by atomic mass is 9.96. The highest BCUT2D eigenvalue weighted by molar-refractivity contribution is 7.87. The summed E-state index contributed by atoms with van der Waals surface area (Å²) in [7, 11) is -2.08. The number of ketones is 1. The molecule has 6 heteroatoms. The molecule has 0 heterocycles. The second-order valence-electron chi connectivity index (χ2n) is 4.65. The number of aryl methyl sites for hydroxylation is 1. The fraction of sp³-hybridized carbons (Fsp3) is 0.133. The molecule has 0 N–H and O–H groups in total. The third-order valence-electron chi connectivity index (χ3n) is 3.01. The van der Waals surface area contributed by atoms with Gasteiger partial charge in [0.2, 0.25) is 0 Å². The van der Waals surface area contributed by atoms with Crippen LogP contribution in [0.15, 0.2) is 53.4 Å². The van der Waals surface area contributed by atoms with Crippen molar-refractivity contribution in [1.82, 2.24) is 0 Å². The number of benzene rings is 2. The molecule has 2 aromatic carbocycles. The van der Waals surface area contributed by atoms with Crippen molar-refractivity contribution in [3.8, 4) is 5.75 Å². The van der Waals surface area contributed by atoms with E-state index in [4.69, 9.17) is 4.18 Å². The van der Waals surface area contributed by atoms with E-state index in [9.17, 15) is 13.2 Å². The van der Waals surface area contributed by atoms with E-state index in [0.717, 1.165) is 5.56 Å². The van der Waals surface area contributed by atoms with E-state index < -0.39 is 10.1 Å². The quantitative estimate of drug-likeness (QED) is 0.481. The van der Waals surface area contributed by atoms with Crippen LogP contribution < -0.4 is 4.18 Å². The molecule has 0 unspecified atom stereocenters. The first-order valence-electron chi connectivity index (χ1n) is 6.57. The lowest BCUT2D eigenvalue weighted by Crippen LogP contribution is -2.09. The van der Waals surface area contributed by atoms with Gasteiger partial charge in [0.05, 0.1) is 0 Å². The van der Waals surface area contributed by atoms with E-state index in [1.165, 1.54) is 24.3 Å². The largest absolute Gasteiger partial charge is 0.379 e. The summed E-state index contributed by atoms with van der Waals surface area (Å²) in [6.07, 6.45) is 0.405. The highest BCUT2D eigenvalue weighted by Crippen LogP contribution is 2.20.